The van der Waals surface area contributed by atoms with Crippen LogP contribution < -0.4 is 10.2 Å². The zero-order chi connectivity index (χ0) is 16.2. The highest BCUT2D eigenvalue weighted by Crippen LogP contribution is 2.21. The Morgan fingerprint density at radius 3 is 2.52 bits per heavy atom. The zero-order valence-electron chi connectivity index (χ0n) is 13.4. The van der Waals surface area contributed by atoms with E-state index >= 15 is 0 Å². The highest BCUT2D eigenvalue weighted by molar-refractivity contribution is 5.94. The number of carbonyl (C=O) groups excluding carboxylic acids is 1. The second kappa shape index (κ2) is 6.75. The van der Waals surface area contributed by atoms with Gasteiger partial charge in [0.1, 0.15) is 17.5 Å². The summed E-state index contributed by atoms with van der Waals surface area (Å²) in [6, 6.07) is 9.31. The first-order chi connectivity index (χ1) is 11.1. The summed E-state index contributed by atoms with van der Waals surface area (Å²) in [6.07, 6.45) is 0. The van der Waals surface area contributed by atoms with Gasteiger partial charge in [-0.15, -0.1) is 0 Å². The summed E-state index contributed by atoms with van der Waals surface area (Å²) >= 11 is 0. The lowest BCUT2D eigenvalue weighted by Crippen LogP contribution is -2.36. The molecule has 120 valence electrons. The second-order valence-corrected chi connectivity index (χ2v) is 5.52. The molecule has 2 aromatic rings. The minimum atomic E-state index is 0.0593. The van der Waals surface area contributed by atoms with E-state index in [2.05, 4.69) is 20.2 Å². The van der Waals surface area contributed by atoms with Crippen LogP contribution in [0.4, 0.5) is 17.3 Å². The van der Waals surface area contributed by atoms with Gasteiger partial charge in [0, 0.05) is 30.4 Å². The number of ether oxygens (including phenoxy) is 1. The molecule has 1 aliphatic rings. The molecule has 6 nitrogen and oxygen atoms in total. The van der Waals surface area contributed by atoms with Crippen molar-refractivity contribution in [1.82, 2.24) is 9.97 Å². The Morgan fingerprint density at radius 1 is 1.17 bits per heavy atom. The maximum Gasteiger partial charge on any atom is 0.159 e. The summed E-state index contributed by atoms with van der Waals surface area (Å²) in [4.78, 5) is 22.5. The second-order valence-electron chi connectivity index (χ2n) is 5.52. The number of carbonyl (C=O) groups is 1. The summed E-state index contributed by atoms with van der Waals surface area (Å²) in [6.45, 7) is 6.56. The van der Waals surface area contributed by atoms with Crippen molar-refractivity contribution in [3.8, 4) is 0 Å². The Kier molecular flexibility index (Phi) is 4.52. The Bertz CT molecular complexity index is 694. The monoisotopic (exact) mass is 312 g/mol. The molecular weight excluding hydrogens is 292 g/mol. The van der Waals surface area contributed by atoms with Crippen molar-refractivity contribution in [3.63, 3.8) is 0 Å². The molecule has 1 aromatic carbocycles. The van der Waals surface area contributed by atoms with Crippen LogP contribution in [0.25, 0.3) is 0 Å². The number of rotatable bonds is 4. The lowest BCUT2D eigenvalue weighted by molar-refractivity contribution is 0.101. The first kappa shape index (κ1) is 15.4. The van der Waals surface area contributed by atoms with Crippen molar-refractivity contribution in [2.75, 3.05) is 36.5 Å². The summed E-state index contributed by atoms with van der Waals surface area (Å²) in [5.41, 5.74) is 1.59. The number of benzene rings is 1. The predicted octanol–water partition coefficient (Wildman–Crippen LogP) is 2.57. The molecule has 0 radical (unpaired) electrons. The number of hydrogen-bond acceptors (Lipinski definition) is 6. The molecule has 1 saturated heterocycles. The molecule has 3 rings (SSSR count). The normalized spacial score (nSPS) is 14.6. The molecule has 2 heterocycles. The smallest absolute Gasteiger partial charge is 0.159 e. The molecule has 0 atom stereocenters. The largest absolute Gasteiger partial charge is 0.378 e. The molecule has 0 unspecified atom stereocenters. The third kappa shape index (κ3) is 3.84. The van der Waals surface area contributed by atoms with Crippen LogP contribution in [0.2, 0.25) is 0 Å². The maximum atomic E-state index is 11.3. The van der Waals surface area contributed by atoms with Crippen molar-refractivity contribution in [3.05, 3.63) is 41.7 Å². The summed E-state index contributed by atoms with van der Waals surface area (Å²) in [5, 5.41) is 3.27. The zero-order valence-corrected chi connectivity index (χ0v) is 13.4. The van der Waals surface area contributed by atoms with E-state index in [0.29, 0.717) is 5.56 Å². The van der Waals surface area contributed by atoms with Gasteiger partial charge in [0.05, 0.1) is 13.2 Å². The lowest BCUT2D eigenvalue weighted by Gasteiger charge is -2.28. The van der Waals surface area contributed by atoms with Crippen molar-refractivity contribution in [1.29, 1.82) is 0 Å². The van der Waals surface area contributed by atoms with Gasteiger partial charge < -0.3 is 15.0 Å². The van der Waals surface area contributed by atoms with Crippen LogP contribution in [-0.4, -0.2) is 42.1 Å². The average Bonchev–Trinajstić information content (AvgIpc) is 2.55. The van der Waals surface area contributed by atoms with Crippen LogP contribution in [0.1, 0.15) is 23.1 Å². The number of ketones is 1. The fraction of sp³-hybridized carbons (Fsp3) is 0.353. The van der Waals surface area contributed by atoms with Crippen LogP contribution in [-0.2, 0) is 4.74 Å². The number of aryl methyl sites for hydroxylation is 1. The molecule has 0 amide bonds. The quantitative estimate of drug-likeness (QED) is 0.875. The fourth-order valence-electron chi connectivity index (χ4n) is 2.51. The third-order valence-electron chi connectivity index (χ3n) is 3.72. The first-order valence-corrected chi connectivity index (χ1v) is 7.68. The molecule has 0 aliphatic carbocycles. The van der Waals surface area contributed by atoms with Gasteiger partial charge in [-0.3, -0.25) is 4.79 Å². The topological polar surface area (TPSA) is 67.4 Å². The number of aromatic nitrogens is 2. The number of nitrogens with zero attached hydrogens (tertiary/aromatic N) is 3. The van der Waals surface area contributed by atoms with Crippen molar-refractivity contribution in [2.45, 2.75) is 13.8 Å². The number of nitrogens with one attached hydrogen (secondary N) is 1. The average molecular weight is 312 g/mol. The Morgan fingerprint density at radius 2 is 1.87 bits per heavy atom. The Balaban J connectivity index is 1.79. The SMILES string of the molecule is CC(=O)c1ccc(Nc2cc(N3CCOCC3)nc(C)n2)cc1. The number of anilines is 3. The van der Waals surface area contributed by atoms with E-state index < -0.39 is 0 Å². The summed E-state index contributed by atoms with van der Waals surface area (Å²) in [7, 11) is 0. The molecule has 0 spiro atoms. The van der Waals surface area contributed by atoms with Gasteiger partial charge >= 0.3 is 0 Å². The maximum absolute atomic E-state index is 11.3. The van der Waals surface area contributed by atoms with Gasteiger partial charge in [0.15, 0.2) is 5.78 Å². The van der Waals surface area contributed by atoms with Crippen LogP contribution in [0.3, 0.4) is 0 Å². The standard InChI is InChI=1S/C17H20N4O2/c1-12(22)14-3-5-15(6-4-14)20-16-11-17(19-13(2)18-16)21-7-9-23-10-8-21/h3-6,11H,7-10H2,1-2H3,(H,18,19,20). The van der Waals surface area contributed by atoms with Crippen LogP contribution in [0.15, 0.2) is 30.3 Å². The third-order valence-corrected chi connectivity index (χ3v) is 3.72. The molecule has 0 saturated carbocycles. The minimum absolute atomic E-state index is 0.0593. The van der Waals surface area contributed by atoms with E-state index in [1.54, 1.807) is 6.92 Å². The minimum Gasteiger partial charge on any atom is -0.378 e. The van der Waals surface area contributed by atoms with Crippen LogP contribution >= 0.6 is 0 Å². The lowest BCUT2D eigenvalue weighted by atomic mass is 10.1. The summed E-state index contributed by atoms with van der Waals surface area (Å²) < 4.78 is 5.38. The van der Waals surface area contributed by atoms with E-state index in [1.165, 1.54) is 0 Å². The van der Waals surface area contributed by atoms with Crippen molar-refractivity contribution < 1.29 is 9.53 Å². The van der Waals surface area contributed by atoms with Crippen LogP contribution in [0.5, 0.6) is 0 Å². The van der Waals surface area contributed by atoms with E-state index in [9.17, 15) is 4.79 Å². The molecule has 6 heteroatoms. The highest BCUT2D eigenvalue weighted by Gasteiger charge is 2.14. The number of Topliss-reactive ketones (excluding diaryl/α,β-unsaturated/α-hetero) is 1. The van der Waals surface area contributed by atoms with Gasteiger partial charge in [0.2, 0.25) is 0 Å². The molecule has 1 aliphatic heterocycles. The Labute approximate surface area is 135 Å². The van der Waals surface area contributed by atoms with E-state index in [-0.39, 0.29) is 5.78 Å². The number of morpholine rings is 1. The highest BCUT2D eigenvalue weighted by atomic mass is 16.5. The van der Waals surface area contributed by atoms with Gasteiger partial charge in [-0.1, -0.05) is 0 Å². The Hall–Kier alpha value is -2.47. The molecule has 0 bridgehead atoms. The van der Waals surface area contributed by atoms with Gasteiger partial charge in [-0.2, -0.15) is 0 Å². The van der Waals surface area contributed by atoms with E-state index in [4.69, 9.17) is 4.74 Å². The molecule has 1 aromatic heterocycles. The predicted molar refractivity (Wildman–Crippen MR) is 89.5 cm³/mol. The first-order valence-electron chi connectivity index (χ1n) is 7.68. The van der Waals surface area contributed by atoms with Crippen molar-refractivity contribution >= 4 is 23.1 Å². The molecule has 1 fully saturated rings. The van der Waals surface area contributed by atoms with Gasteiger partial charge in [0.25, 0.3) is 0 Å². The molecule has 23 heavy (non-hydrogen) atoms. The van der Waals surface area contributed by atoms with Gasteiger partial charge in [-0.05, 0) is 38.1 Å². The molecular formula is C17H20N4O2. The van der Waals surface area contributed by atoms with Crippen molar-refractivity contribution in [2.24, 2.45) is 0 Å². The fourth-order valence-corrected chi connectivity index (χ4v) is 2.51. The number of hydrogen-bond donors (Lipinski definition) is 1. The van der Waals surface area contributed by atoms with Gasteiger partial charge in [-0.25, -0.2) is 9.97 Å². The van der Waals surface area contributed by atoms with E-state index in [0.717, 1.165) is 49.5 Å². The molecule has 1 N–H and O–H groups in total. The summed E-state index contributed by atoms with van der Waals surface area (Å²) in [5.74, 6) is 2.43. The van der Waals surface area contributed by atoms with E-state index in [1.807, 2.05) is 37.3 Å². The van der Waals surface area contributed by atoms with Crippen LogP contribution in [0, 0.1) is 6.92 Å².